The first-order valence-corrected chi connectivity index (χ1v) is 7.58. The van der Waals surface area contributed by atoms with Crippen molar-refractivity contribution in [2.45, 2.75) is 32.9 Å². The number of aromatic nitrogens is 2. The zero-order valence-electron chi connectivity index (χ0n) is 15.3. The third-order valence-electron chi connectivity index (χ3n) is 3.03. The number of likely N-dealkylation sites (N-methyl/N-ethyl adjacent to an activating group) is 1. The molecular weight excluding hydrogens is 423 g/mol. The van der Waals surface area contributed by atoms with E-state index in [1.54, 1.807) is 25.0 Å². The molecule has 2 N–H and O–H groups in total. The van der Waals surface area contributed by atoms with Crippen molar-refractivity contribution in [3.05, 3.63) is 18.0 Å². The molecule has 8 nitrogen and oxygen atoms in total. The molecule has 0 aliphatic heterocycles. The van der Waals surface area contributed by atoms with Gasteiger partial charge in [-0.05, 0) is 26.8 Å². The highest BCUT2D eigenvalue weighted by Gasteiger charge is 2.19. The summed E-state index contributed by atoms with van der Waals surface area (Å²) in [6.07, 6.45) is 1.42. The molecule has 24 heavy (non-hydrogen) atoms. The number of rotatable bonds is 5. The van der Waals surface area contributed by atoms with Crippen molar-refractivity contribution in [2.75, 3.05) is 27.2 Å². The Morgan fingerprint density at radius 3 is 2.58 bits per heavy atom. The molecule has 0 radical (unpaired) electrons. The summed E-state index contributed by atoms with van der Waals surface area (Å²) >= 11 is 0. The van der Waals surface area contributed by atoms with Crippen molar-refractivity contribution in [1.82, 2.24) is 25.3 Å². The van der Waals surface area contributed by atoms with E-state index in [4.69, 9.17) is 4.74 Å². The molecule has 0 aliphatic rings. The highest BCUT2D eigenvalue weighted by molar-refractivity contribution is 14.0. The number of carbonyl (C=O) groups is 1. The Morgan fingerprint density at radius 2 is 2.08 bits per heavy atom. The Balaban J connectivity index is 0.00000529. The molecule has 1 aromatic heterocycles. The highest BCUT2D eigenvalue weighted by Crippen LogP contribution is 2.08. The standard InChI is InChI=1S/C15H28N6O2.HI/c1-15(2,3)23-14(22)20(5)10-9-17-13(16-4)18-11-12-7-8-19-21(12)6;/h7-8H,9-11H2,1-6H3,(H2,16,17,18);1H. The van der Waals surface area contributed by atoms with Crippen LogP contribution in [0.15, 0.2) is 17.3 Å². The first-order valence-electron chi connectivity index (χ1n) is 7.58. The summed E-state index contributed by atoms with van der Waals surface area (Å²) < 4.78 is 7.10. The zero-order chi connectivity index (χ0) is 17.5. The van der Waals surface area contributed by atoms with Crippen molar-refractivity contribution in [3.63, 3.8) is 0 Å². The van der Waals surface area contributed by atoms with E-state index in [1.807, 2.05) is 33.9 Å². The molecular formula is C15H29IN6O2. The number of hydrogen-bond acceptors (Lipinski definition) is 4. The van der Waals surface area contributed by atoms with Gasteiger partial charge in [-0.1, -0.05) is 0 Å². The molecule has 138 valence electrons. The number of hydrogen-bond donors (Lipinski definition) is 2. The third kappa shape index (κ3) is 8.37. The van der Waals surface area contributed by atoms with E-state index in [9.17, 15) is 4.79 Å². The molecule has 0 atom stereocenters. The summed E-state index contributed by atoms with van der Waals surface area (Å²) in [5.74, 6) is 0.670. The molecule has 0 saturated heterocycles. The number of halogens is 1. The van der Waals surface area contributed by atoms with E-state index in [2.05, 4.69) is 20.7 Å². The zero-order valence-corrected chi connectivity index (χ0v) is 17.6. The Labute approximate surface area is 161 Å². The van der Waals surface area contributed by atoms with E-state index in [0.717, 1.165) is 5.69 Å². The van der Waals surface area contributed by atoms with Gasteiger partial charge in [0.2, 0.25) is 0 Å². The van der Waals surface area contributed by atoms with Crippen LogP contribution in [0.3, 0.4) is 0 Å². The predicted molar refractivity (Wildman–Crippen MR) is 106 cm³/mol. The second-order valence-electron chi connectivity index (χ2n) is 6.20. The van der Waals surface area contributed by atoms with Crippen molar-refractivity contribution in [2.24, 2.45) is 12.0 Å². The van der Waals surface area contributed by atoms with Gasteiger partial charge in [-0.3, -0.25) is 9.67 Å². The summed E-state index contributed by atoms with van der Waals surface area (Å²) in [6, 6.07) is 1.94. The molecule has 1 aromatic rings. The summed E-state index contributed by atoms with van der Waals surface area (Å²) in [4.78, 5) is 17.5. The van der Waals surface area contributed by atoms with Gasteiger partial charge in [-0.25, -0.2) is 4.79 Å². The van der Waals surface area contributed by atoms with E-state index in [-0.39, 0.29) is 30.1 Å². The minimum absolute atomic E-state index is 0. The van der Waals surface area contributed by atoms with Crippen molar-refractivity contribution in [1.29, 1.82) is 0 Å². The third-order valence-corrected chi connectivity index (χ3v) is 3.03. The minimum Gasteiger partial charge on any atom is -0.444 e. The molecule has 0 saturated carbocycles. The van der Waals surface area contributed by atoms with Crippen LogP contribution in [0.4, 0.5) is 4.79 Å². The monoisotopic (exact) mass is 452 g/mol. The van der Waals surface area contributed by atoms with Gasteiger partial charge >= 0.3 is 6.09 Å². The van der Waals surface area contributed by atoms with Gasteiger partial charge in [-0.15, -0.1) is 24.0 Å². The smallest absolute Gasteiger partial charge is 0.410 e. The lowest BCUT2D eigenvalue weighted by molar-refractivity contribution is 0.0302. The lowest BCUT2D eigenvalue weighted by Crippen LogP contribution is -2.43. The van der Waals surface area contributed by atoms with Crippen LogP contribution in [0.5, 0.6) is 0 Å². The fraction of sp³-hybridized carbons (Fsp3) is 0.667. The van der Waals surface area contributed by atoms with Crippen LogP contribution < -0.4 is 10.6 Å². The number of aliphatic imine (C=N–C) groups is 1. The fourth-order valence-corrected chi connectivity index (χ4v) is 1.74. The summed E-state index contributed by atoms with van der Waals surface area (Å²) in [7, 11) is 5.31. The van der Waals surface area contributed by atoms with Gasteiger partial charge < -0.3 is 20.3 Å². The number of nitrogens with one attached hydrogen (secondary N) is 2. The van der Waals surface area contributed by atoms with Crippen LogP contribution in [0.25, 0.3) is 0 Å². The average molecular weight is 452 g/mol. The van der Waals surface area contributed by atoms with Gasteiger partial charge in [0, 0.05) is 40.4 Å². The van der Waals surface area contributed by atoms with Crippen LogP contribution >= 0.6 is 24.0 Å². The number of nitrogens with zero attached hydrogens (tertiary/aromatic N) is 4. The Hall–Kier alpha value is -1.52. The first kappa shape index (κ1) is 22.5. The van der Waals surface area contributed by atoms with E-state index in [1.165, 1.54) is 4.90 Å². The lowest BCUT2D eigenvalue weighted by atomic mass is 10.2. The number of aryl methyl sites for hydroxylation is 1. The van der Waals surface area contributed by atoms with Gasteiger partial charge in [0.15, 0.2) is 5.96 Å². The van der Waals surface area contributed by atoms with Crippen molar-refractivity contribution >= 4 is 36.0 Å². The number of carbonyl (C=O) groups excluding carboxylic acids is 1. The lowest BCUT2D eigenvalue weighted by Gasteiger charge is -2.24. The second-order valence-corrected chi connectivity index (χ2v) is 6.20. The maximum atomic E-state index is 11.8. The highest BCUT2D eigenvalue weighted by atomic mass is 127. The van der Waals surface area contributed by atoms with Gasteiger partial charge in [-0.2, -0.15) is 5.10 Å². The molecule has 0 bridgehead atoms. The maximum Gasteiger partial charge on any atom is 0.410 e. The largest absolute Gasteiger partial charge is 0.444 e. The topological polar surface area (TPSA) is 83.8 Å². The second kappa shape index (κ2) is 10.4. The molecule has 1 heterocycles. The fourth-order valence-electron chi connectivity index (χ4n) is 1.74. The molecule has 1 rings (SSSR count). The van der Waals surface area contributed by atoms with Crippen LogP contribution in [0.2, 0.25) is 0 Å². The van der Waals surface area contributed by atoms with Crippen molar-refractivity contribution in [3.8, 4) is 0 Å². The Morgan fingerprint density at radius 1 is 1.42 bits per heavy atom. The molecule has 0 spiro atoms. The summed E-state index contributed by atoms with van der Waals surface area (Å²) in [6.45, 7) is 7.25. The molecule has 0 aliphatic carbocycles. The van der Waals surface area contributed by atoms with E-state index < -0.39 is 5.60 Å². The number of ether oxygens (including phenoxy) is 1. The number of amides is 1. The molecule has 0 fully saturated rings. The predicted octanol–water partition coefficient (Wildman–Crippen LogP) is 1.57. The van der Waals surface area contributed by atoms with Gasteiger partial charge in [0.1, 0.15) is 5.60 Å². The van der Waals surface area contributed by atoms with Crippen molar-refractivity contribution < 1.29 is 9.53 Å². The van der Waals surface area contributed by atoms with Crippen LogP contribution in [0.1, 0.15) is 26.5 Å². The summed E-state index contributed by atoms with van der Waals surface area (Å²) in [5, 5.41) is 10.5. The van der Waals surface area contributed by atoms with Crippen LogP contribution in [-0.4, -0.2) is 59.5 Å². The Kier molecular flexibility index (Phi) is 9.71. The van der Waals surface area contributed by atoms with Crippen LogP contribution in [-0.2, 0) is 18.3 Å². The average Bonchev–Trinajstić information content (AvgIpc) is 2.86. The minimum atomic E-state index is -0.487. The molecule has 0 unspecified atom stereocenters. The Bertz CT molecular complexity index is 538. The quantitative estimate of drug-likeness (QED) is 0.403. The molecule has 1 amide bonds. The maximum absolute atomic E-state index is 11.8. The van der Waals surface area contributed by atoms with E-state index >= 15 is 0 Å². The first-order chi connectivity index (χ1) is 10.7. The molecule has 9 heteroatoms. The van der Waals surface area contributed by atoms with E-state index in [0.29, 0.717) is 25.6 Å². The SMILES string of the molecule is CN=C(NCCN(C)C(=O)OC(C)(C)C)NCc1ccnn1C.I. The summed E-state index contributed by atoms with van der Waals surface area (Å²) in [5.41, 5.74) is 0.568. The normalized spacial score (nSPS) is 11.5. The van der Waals surface area contributed by atoms with Gasteiger partial charge in [0.25, 0.3) is 0 Å². The van der Waals surface area contributed by atoms with Gasteiger partial charge in [0.05, 0.1) is 12.2 Å². The molecule has 0 aromatic carbocycles. The number of guanidine groups is 1. The van der Waals surface area contributed by atoms with Crippen LogP contribution in [0, 0.1) is 0 Å².